The lowest BCUT2D eigenvalue weighted by atomic mass is 10.1. The molecule has 1 saturated heterocycles. The number of anilines is 1. The summed E-state index contributed by atoms with van der Waals surface area (Å²) < 4.78 is 33.0. The van der Waals surface area contributed by atoms with Crippen LogP contribution in [0.2, 0.25) is 0 Å². The number of carbonyl (C=O) groups excluding carboxylic acids is 1. The summed E-state index contributed by atoms with van der Waals surface area (Å²) >= 11 is 0. The quantitative estimate of drug-likeness (QED) is 0.803. The zero-order valence-corrected chi connectivity index (χ0v) is 18.0. The monoisotopic (exact) mass is 417 g/mol. The van der Waals surface area contributed by atoms with Crippen LogP contribution >= 0.6 is 0 Å². The molecule has 1 amide bonds. The van der Waals surface area contributed by atoms with Crippen molar-refractivity contribution in [2.45, 2.75) is 57.1 Å². The predicted molar refractivity (Wildman–Crippen MR) is 111 cm³/mol. The van der Waals surface area contributed by atoms with Gasteiger partial charge in [-0.1, -0.05) is 23.8 Å². The molecule has 1 N–H and O–H groups in total. The number of hydrogen-bond acceptors (Lipinski definition) is 5. The molecule has 29 heavy (non-hydrogen) atoms. The molecule has 0 bridgehead atoms. The van der Waals surface area contributed by atoms with Crippen LogP contribution in [0, 0.1) is 6.92 Å². The molecular weight excluding hydrogens is 390 g/mol. The smallest absolute Gasteiger partial charge is 0.413 e. The molecule has 156 valence electrons. The minimum absolute atomic E-state index is 0.274. The van der Waals surface area contributed by atoms with Gasteiger partial charge in [0.25, 0.3) is 0 Å². The summed E-state index contributed by atoms with van der Waals surface area (Å²) in [5.41, 5.74) is 1.21. The van der Waals surface area contributed by atoms with E-state index in [1.165, 1.54) is 4.31 Å². The van der Waals surface area contributed by atoms with E-state index in [2.05, 4.69) is 10.3 Å². The van der Waals surface area contributed by atoms with Gasteiger partial charge in [0.2, 0.25) is 10.0 Å². The summed E-state index contributed by atoms with van der Waals surface area (Å²) in [4.78, 5) is 16.4. The van der Waals surface area contributed by atoms with Crippen LogP contribution in [0.1, 0.15) is 50.8 Å². The summed E-state index contributed by atoms with van der Waals surface area (Å²) in [5, 5.41) is 2.58. The third kappa shape index (κ3) is 5.13. The molecule has 2 heterocycles. The Kier molecular flexibility index (Phi) is 5.95. The van der Waals surface area contributed by atoms with E-state index in [4.69, 9.17) is 4.74 Å². The third-order valence-electron chi connectivity index (χ3n) is 4.63. The van der Waals surface area contributed by atoms with Gasteiger partial charge < -0.3 is 4.74 Å². The Balaban J connectivity index is 1.76. The fraction of sp³-hybridized carbons (Fsp3) is 0.429. The number of nitrogens with zero attached hydrogens (tertiary/aromatic N) is 2. The molecule has 3 rings (SSSR count). The van der Waals surface area contributed by atoms with Crippen molar-refractivity contribution in [3.05, 3.63) is 53.7 Å². The molecule has 1 aromatic heterocycles. The average molecular weight is 418 g/mol. The van der Waals surface area contributed by atoms with Crippen molar-refractivity contribution in [2.24, 2.45) is 0 Å². The Morgan fingerprint density at radius 1 is 1.17 bits per heavy atom. The first-order valence-corrected chi connectivity index (χ1v) is 11.0. The maximum Gasteiger partial charge on any atom is 0.413 e. The normalized spacial score (nSPS) is 17.9. The van der Waals surface area contributed by atoms with E-state index in [-0.39, 0.29) is 6.04 Å². The van der Waals surface area contributed by atoms with Crippen molar-refractivity contribution < 1.29 is 17.9 Å². The van der Waals surface area contributed by atoms with E-state index < -0.39 is 21.7 Å². The van der Waals surface area contributed by atoms with Crippen LogP contribution in [0.15, 0.2) is 47.5 Å². The largest absolute Gasteiger partial charge is 0.444 e. The highest BCUT2D eigenvalue weighted by atomic mass is 32.2. The summed E-state index contributed by atoms with van der Waals surface area (Å²) in [6.07, 6.45) is 2.54. The highest BCUT2D eigenvalue weighted by Gasteiger charge is 2.36. The van der Waals surface area contributed by atoms with Gasteiger partial charge in [-0.3, -0.25) is 5.32 Å². The van der Waals surface area contributed by atoms with Gasteiger partial charge in [0.1, 0.15) is 11.4 Å². The van der Waals surface area contributed by atoms with Crippen LogP contribution in [0.4, 0.5) is 10.6 Å². The number of pyridine rings is 1. The number of aryl methyl sites for hydroxylation is 1. The molecule has 0 aliphatic carbocycles. The second-order valence-corrected chi connectivity index (χ2v) is 10.1. The maximum atomic E-state index is 13.1. The van der Waals surface area contributed by atoms with Gasteiger partial charge in [-0.2, -0.15) is 4.31 Å². The number of amides is 1. The van der Waals surface area contributed by atoms with Crippen molar-refractivity contribution in [2.75, 3.05) is 11.9 Å². The maximum absolute atomic E-state index is 13.1. The minimum atomic E-state index is -3.59. The van der Waals surface area contributed by atoms with Crippen LogP contribution in [0.5, 0.6) is 0 Å². The predicted octanol–water partition coefficient (Wildman–Crippen LogP) is 4.26. The molecule has 0 unspecified atom stereocenters. The molecule has 0 radical (unpaired) electrons. The molecule has 1 aliphatic heterocycles. The van der Waals surface area contributed by atoms with Crippen LogP contribution in [0.3, 0.4) is 0 Å². The molecule has 1 fully saturated rings. The minimum Gasteiger partial charge on any atom is -0.444 e. The first-order chi connectivity index (χ1) is 13.6. The number of aromatic nitrogens is 1. The number of ether oxygens (including phenoxy) is 1. The molecule has 0 spiro atoms. The second-order valence-electron chi connectivity index (χ2n) is 8.19. The van der Waals surface area contributed by atoms with Crippen molar-refractivity contribution in [1.82, 2.24) is 9.29 Å². The fourth-order valence-corrected chi connectivity index (χ4v) is 4.97. The third-order valence-corrected chi connectivity index (χ3v) is 6.55. The van der Waals surface area contributed by atoms with Gasteiger partial charge in [0, 0.05) is 12.7 Å². The fourth-order valence-electron chi connectivity index (χ4n) is 3.29. The molecule has 7 nitrogen and oxygen atoms in total. The number of nitrogens with one attached hydrogen (secondary N) is 1. The van der Waals surface area contributed by atoms with Gasteiger partial charge in [-0.25, -0.2) is 18.2 Å². The van der Waals surface area contributed by atoms with Crippen LogP contribution in [-0.4, -0.2) is 35.9 Å². The zero-order chi connectivity index (χ0) is 21.2. The summed E-state index contributed by atoms with van der Waals surface area (Å²) in [7, 11) is -3.59. The SMILES string of the molecule is Cc1ccc(S(=O)(=O)N2CCC[C@@H]2c2ccc(NC(=O)OC(C)(C)C)nc2)cc1. The molecule has 8 heteroatoms. The first kappa shape index (κ1) is 21.3. The highest BCUT2D eigenvalue weighted by Crippen LogP contribution is 2.36. The highest BCUT2D eigenvalue weighted by molar-refractivity contribution is 7.89. The lowest BCUT2D eigenvalue weighted by Crippen LogP contribution is -2.30. The summed E-state index contributed by atoms with van der Waals surface area (Å²) in [6.45, 7) is 7.75. The van der Waals surface area contributed by atoms with E-state index in [0.29, 0.717) is 17.3 Å². The number of sulfonamides is 1. The molecule has 1 aliphatic rings. The average Bonchev–Trinajstić information content (AvgIpc) is 3.12. The standard InChI is InChI=1S/C21H27N3O4S/c1-15-7-10-17(11-8-15)29(26,27)24-13-5-6-18(24)16-9-12-19(22-14-16)23-20(25)28-21(2,3)4/h7-12,14,18H,5-6,13H2,1-4H3,(H,22,23,25)/t18-/m1/s1. The molecule has 1 atom stereocenters. The van der Waals surface area contributed by atoms with Crippen LogP contribution in [-0.2, 0) is 14.8 Å². The van der Waals surface area contributed by atoms with E-state index in [0.717, 1.165) is 24.0 Å². The Labute approximate surface area is 172 Å². The number of hydrogen-bond donors (Lipinski definition) is 1. The Hall–Kier alpha value is -2.45. The number of carbonyl (C=O) groups is 1. The molecule has 1 aromatic carbocycles. The van der Waals surface area contributed by atoms with Gasteiger partial charge in [0.15, 0.2) is 0 Å². The van der Waals surface area contributed by atoms with E-state index in [1.54, 1.807) is 63.4 Å². The topological polar surface area (TPSA) is 88.6 Å². The van der Waals surface area contributed by atoms with Crippen LogP contribution < -0.4 is 5.32 Å². The van der Waals surface area contributed by atoms with Gasteiger partial charge in [0.05, 0.1) is 10.9 Å². The van der Waals surface area contributed by atoms with Gasteiger partial charge >= 0.3 is 6.09 Å². The second kappa shape index (κ2) is 8.12. The van der Waals surface area contributed by atoms with Gasteiger partial charge in [-0.15, -0.1) is 0 Å². The molecular formula is C21H27N3O4S. The van der Waals surface area contributed by atoms with E-state index in [1.807, 2.05) is 6.92 Å². The zero-order valence-electron chi connectivity index (χ0n) is 17.2. The Morgan fingerprint density at radius 3 is 2.45 bits per heavy atom. The number of benzene rings is 1. The van der Waals surface area contributed by atoms with Crippen molar-refractivity contribution in [3.63, 3.8) is 0 Å². The van der Waals surface area contributed by atoms with Crippen molar-refractivity contribution in [1.29, 1.82) is 0 Å². The van der Waals surface area contributed by atoms with E-state index in [9.17, 15) is 13.2 Å². The van der Waals surface area contributed by atoms with Crippen molar-refractivity contribution in [3.8, 4) is 0 Å². The summed E-state index contributed by atoms with van der Waals surface area (Å²) in [6, 6.07) is 10.1. The Bertz CT molecular complexity index is 964. The molecule has 2 aromatic rings. The van der Waals surface area contributed by atoms with Gasteiger partial charge in [-0.05, 0) is 64.3 Å². The van der Waals surface area contributed by atoms with Crippen molar-refractivity contribution >= 4 is 21.9 Å². The first-order valence-electron chi connectivity index (χ1n) is 9.61. The lowest BCUT2D eigenvalue weighted by molar-refractivity contribution is 0.0635. The molecule has 0 saturated carbocycles. The summed E-state index contributed by atoms with van der Waals surface area (Å²) in [5.74, 6) is 0.355. The Morgan fingerprint density at radius 2 is 1.86 bits per heavy atom. The lowest BCUT2D eigenvalue weighted by Gasteiger charge is -2.24. The number of rotatable bonds is 4. The van der Waals surface area contributed by atoms with E-state index >= 15 is 0 Å². The van der Waals surface area contributed by atoms with Crippen LogP contribution in [0.25, 0.3) is 0 Å².